The monoisotopic (exact) mass is 412 g/mol. The highest BCUT2D eigenvalue weighted by atomic mass is 32.2. The Labute approximate surface area is 159 Å². The molecular weight excluding hydrogens is 392 g/mol. The number of rotatable bonds is 6. The van der Waals surface area contributed by atoms with Crippen LogP contribution in [-0.2, 0) is 33.3 Å². The molecule has 1 aliphatic heterocycles. The molecule has 7 nitrogen and oxygen atoms in total. The molecule has 3 rings (SSSR count). The van der Waals surface area contributed by atoms with Crippen LogP contribution in [0, 0.1) is 13.8 Å². The molecule has 0 N–H and O–H groups in total. The van der Waals surface area contributed by atoms with Gasteiger partial charge in [0.2, 0.25) is 0 Å². The van der Waals surface area contributed by atoms with Gasteiger partial charge in [-0.15, -0.1) is 0 Å². The van der Waals surface area contributed by atoms with Gasteiger partial charge in [-0.2, -0.15) is 16.8 Å². The van der Waals surface area contributed by atoms with Crippen LogP contribution in [-0.4, -0.2) is 42.3 Å². The van der Waals surface area contributed by atoms with E-state index in [1.807, 2.05) is 13.8 Å². The Balaban J connectivity index is 1.75. The normalized spacial score (nSPS) is 20.7. The highest BCUT2D eigenvalue weighted by Crippen LogP contribution is 2.24. The van der Waals surface area contributed by atoms with E-state index in [1.54, 1.807) is 24.3 Å². The summed E-state index contributed by atoms with van der Waals surface area (Å²) in [6.07, 6.45) is -2.12. The standard InChI is InChI=1S/C18H20O7S2/c1-13-3-7-15(8-4-13)26(19,20)24-17-11-23-12-18(17)25-27(21,22)16-9-5-14(2)6-10-16/h3-10,17-18H,11-12H2,1-2H3/t17-,18-/m1/s1. The van der Waals surface area contributed by atoms with Gasteiger partial charge in [-0.05, 0) is 38.1 Å². The van der Waals surface area contributed by atoms with Crippen LogP contribution < -0.4 is 0 Å². The van der Waals surface area contributed by atoms with Gasteiger partial charge in [-0.25, -0.2) is 0 Å². The third-order valence-electron chi connectivity index (χ3n) is 4.10. The first-order valence-electron chi connectivity index (χ1n) is 8.25. The van der Waals surface area contributed by atoms with Gasteiger partial charge in [0, 0.05) is 0 Å². The van der Waals surface area contributed by atoms with Crippen LogP contribution in [0.3, 0.4) is 0 Å². The van der Waals surface area contributed by atoms with Gasteiger partial charge in [-0.1, -0.05) is 35.4 Å². The van der Waals surface area contributed by atoms with Crippen LogP contribution in [0.1, 0.15) is 11.1 Å². The molecule has 9 heteroatoms. The van der Waals surface area contributed by atoms with E-state index in [9.17, 15) is 16.8 Å². The highest BCUT2D eigenvalue weighted by Gasteiger charge is 2.38. The van der Waals surface area contributed by atoms with E-state index in [1.165, 1.54) is 24.3 Å². The summed E-state index contributed by atoms with van der Waals surface area (Å²) in [4.78, 5) is -0.0275. The lowest BCUT2D eigenvalue weighted by atomic mass is 10.2. The summed E-state index contributed by atoms with van der Waals surface area (Å²) in [6, 6.07) is 12.3. The Bertz CT molecular complexity index is 911. The number of hydrogen-bond donors (Lipinski definition) is 0. The van der Waals surface area contributed by atoms with Crippen molar-refractivity contribution in [2.45, 2.75) is 35.8 Å². The van der Waals surface area contributed by atoms with E-state index in [0.29, 0.717) is 0 Å². The number of aryl methyl sites for hydroxylation is 2. The lowest BCUT2D eigenvalue weighted by Gasteiger charge is -2.18. The third-order valence-corrected chi connectivity index (χ3v) is 6.80. The molecule has 0 amide bonds. The number of benzene rings is 2. The maximum atomic E-state index is 12.4. The second-order valence-corrected chi connectivity index (χ2v) is 9.49. The van der Waals surface area contributed by atoms with E-state index in [0.717, 1.165) is 11.1 Å². The average molecular weight is 412 g/mol. The maximum Gasteiger partial charge on any atom is 0.297 e. The van der Waals surface area contributed by atoms with Gasteiger partial charge in [0.1, 0.15) is 12.2 Å². The third kappa shape index (κ3) is 4.74. The molecule has 0 spiro atoms. The van der Waals surface area contributed by atoms with E-state index in [-0.39, 0.29) is 23.0 Å². The molecule has 0 aromatic heterocycles. The largest absolute Gasteiger partial charge is 0.376 e. The van der Waals surface area contributed by atoms with E-state index in [2.05, 4.69) is 0 Å². The van der Waals surface area contributed by atoms with Crippen molar-refractivity contribution in [1.82, 2.24) is 0 Å². The second-order valence-electron chi connectivity index (χ2n) is 6.34. The Hall–Kier alpha value is -1.78. The Morgan fingerprint density at radius 2 is 1.04 bits per heavy atom. The van der Waals surface area contributed by atoms with E-state index in [4.69, 9.17) is 13.1 Å². The molecule has 2 atom stereocenters. The fourth-order valence-electron chi connectivity index (χ4n) is 2.54. The van der Waals surface area contributed by atoms with Crippen LogP contribution in [0.5, 0.6) is 0 Å². The maximum absolute atomic E-state index is 12.4. The summed E-state index contributed by atoms with van der Waals surface area (Å²) in [6.45, 7) is 3.50. The van der Waals surface area contributed by atoms with Crippen molar-refractivity contribution in [2.75, 3.05) is 13.2 Å². The molecule has 146 valence electrons. The molecule has 0 saturated carbocycles. The lowest BCUT2D eigenvalue weighted by Crippen LogP contribution is -2.34. The SMILES string of the molecule is Cc1ccc(S(=O)(=O)O[C@@H]2COC[C@H]2OS(=O)(=O)c2ccc(C)cc2)cc1. The van der Waals surface area contributed by atoms with Crippen molar-refractivity contribution in [3.8, 4) is 0 Å². The molecule has 1 heterocycles. The van der Waals surface area contributed by atoms with Crippen LogP contribution in [0.25, 0.3) is 0 Å². The lowest BCUT2D eigenvalue weighted by molar-refractivity contribution is 0.101. The molecule has 2 aromatic carbocycles. The summed E-state index contributed by atoms with van der Waals surface area (Å²) in [5.74, 6) is 0. The molecule has 0 bridgehead atoms. The predicted molar refractivity (Wildman–Crippen MR) is 97.3 cm³/mol. The fraction of sp³-hybridized carbons (Fsp3) is 0.333. The quantitative estimate of drug-likeness (QED) is 0.671. The first-order valence-corrected chi connectivity index (χ1v) is 11.1. The van der Waals surface area contributed by atoms with Crippen molar-refractivity contribution in [2.24, 2.45) is 0 Å². The van der Waals surface area contributed by atoms with Gasteiger partial charge in [-0.3, -0.25) is 8.37 Å². The van der Waals surface area contributed by atoms with Crippen molar-refractivity contribution in [3.05, 3.63) is 59.7 Å². The van der Waals surface area contributed by atoms with Gasteiger partial charge < -0.3 is 4.74 Å². The molecule has 1 aliphatic rings. The van der Waals surface area contributed by atoms with Crippen molar-refractivity contribution >= 4 is 20.2 Å². The molecular formula is C18H20O7S2. The minimum absolute atomic E-state index is 0.0138. The van der Waals surface area contributed by atoms with Crippen LogP contribution in [0.15, 0.2) is 58.3 Å². The number of ether oxygens (including phenoxy) is 1. The van der Waals surface area contributed by atoms with Crippen molar-refractivity contribution in [3.63, 3.8) is 0 Å². The molecule has 27 heavy (non-hydrogen) atoms. The Kier molecular flexibility index (Phi) is 5.68. The topological polar surface area (TPSA) is 96.0 Å². The van der Waals surface area contributed by atoms with Gasteiger partial charge in [0.25, 0.3) is 20.2 Å². The summed E-state index contributed by atoms with van der Waals surface area (Å²) in [7, 11) is -8.15. The highest BCUT2D eigenvalue weighted by molar-refractivity contribution is 7.87. The molecule has 0 unspecified atom stereocenters. The van der Waals surface area contributed by atoms with E-state index < -0.39 is 32.4 Å². The average Bonchev–Trinajstić information content (AvgIpc) is 3.01. The minimum atomic E-state index is -4.07. The van der Waals surface area contributed by atoms with Crippen LogP contribution in [0.2, 0.25) is 0 Å². The zero-order chi connectivity index (χ0) is 19.7. The summed E-state index contributed by atoms with van der Waals surface area (Å²) >= 11 is 0. The first kappa shape index (κ1) is 20.0. The predicted octanol–water partition coefficient (Wildman–Crippen LogP) is 2.18. The van der Waals surface area contributed by atoms with Crippen LogP contribution in [0.4, 0.5) is 0 Å². The minimum Gasteiger partial charge on any atom is -0.376 e. The van der Waals surface area contributed by atoms with E-state index >= 15 is 0 Å². The Morgan fingerprint density at radius 3 is 1.37 bits per heavy atom. The fourth-order valence-corrected chi connectivity index (χ4v) is 4.71. The van der Waals surface area contributed by atoms with Crippen molar-refractivity contribution < 1.29 is 29.9 Å². The molecule has 0 radical (unpaired) electrons. The summed E-state index contributed by atoms with van der Waals surface area (Å²) in [5.41, 5.74) is 1.81. The van der Waals surface area contributed by atoms with Gasteiger partial charge >= 0.3 is 0 Å². The Morgan fingerprint density at radius 1 is 0.704 bits per heavy atom. The van der Waals surface area contributed by atoms with Crippen molar-refractivity contribution in [1.29, 1.82) is 0 Å². The number of hydrogen-bond acceptors (Lipinski definition) is 7. The van der Waals surface area contributed by atoms with Gasteiger partial charge in [0.05, 0.1) is 23.0 Å². The zero-order valence-electron chi connectivity index (χ0n) is 14.9. The molecule has 1 fully saturated rings. The van der Waals surface area contributed by atoms with Gasteiger partial charge in [0.15, 0.2) is 0 Å². The zero-order valence-corrected chi connectivity index (χ0v) is 16.5. The first-order chi connectivity index (χ1) is 12.7. The smallest absolute Gasteiger partial charge is 0.297 e. The second kappa shape index (κ2) is 7.69. The molecule has 1 saturated heterocycles. The summed E-state index contributed by atoms with van der Waals surface area (Å²) < 4.78 is 65.3. The summed E-state index contributed by atoms with van der Waals surface area (Å²) in [5, 5.41) is 0. The molecule has 0 aliphatic carbocycles. The van der Waals surface area contributed by atoms with Crippen LogP contribution >= 0.6 is 0 Å². The molecule has 2 aromatic rings.